The van der Waals surface area contributed by atoms with Crippen molar-refractivity contribution in [1.82, 2.24) is 0 Å². The van der Waals surface area contributed by atoms with Crippen LogP contribution in [0, 0.1) is 47.3 Å². The molecule has 1 nitrogen and oxygen atoms in total. The summed E-state index contributed by atoms with van der Waals surface area (Å²) < 4.78 is 0. The standard InChI is InChI=1S/C21H32O/c22-21-19-15-7-3-1-5-13(15)9-11-17(19)18-12-10-14-6-2-4-8-16(14)20(18)21/h13-20H,1-12H2. The van der Waals surface area contributed by atoms with Crippen LogP contribution >= 0.6 is 0 Å². The number of Topliss-reactive ketones (excluding diaryl/α,β-unsaturated/α-hetero) is 1. The Kier molecular flexibility index (Phi) is 3.42. The van der Waals surface area contributed by atoms with Crippen molar-refractivity contribution in [3.8, 4) is 0 Å². The van der Waals surface area contributed by atoms with Gasteiger partial charge in [0.1, 0.15) is 5.78 Å². The molecular formula is C21H32O. The zero-order valence-corrected chi connectivity index (χ0v) is 14.0. The molecule has 0 amide bonds. The lowest BCUT2D eigenvalue weighted by molar-refractivity contribution is -0.131. The van der Waals surface area contributed by atoms with E-state index in [1.54, 1.807) is 0 Å². The molecule has 0 aliphatic heterocycles. The van der Waals surface area contributed by atoms with Gasteiger partial charge in [-0.1, -0.05) is 38.5 Å². The topological polar surface area (TPSA) is 17.1 Å². The second kappa shape index (κ2) is 5.35. The second-order valence-corrected chi connectivity index (χ2v) is 9.35. The monoisotopic (exact) mass is 300 g/mol. The number of hydrogen-bond acceptors (Lipinski definition) is 1. The zero-order chi connectivity index (χ0) is 14.7. The van der Waals surface area contributed by atoms with E-state index >= 15 is 0 Å². The Hall–Kier alpha value is -0.330. The van der Waals surface area contributed by atoms with Crippen LogP contribution in [-0.2, 0) is 4.79 Å². The maximum atomic E-state index is 13.5. The summed E-state index contributed by atoms with van der Waals surface area (Å²) in [5, 5.41) is 0. The lowest BCUT2D eigenvalue weighted by Gasteiger charge is -2.45. The number of ketones is 1. The van der Waals surface area contributed by atoms with Crippen molar-refractivity contribution in [2.45, 2.75) is 77.0 Å². The summed E-state index contributed by atoms with van der Waals surface area (Å²) in [6.07, 6.45) is 17.0. The lowest BCUT2D eigenvalue weighted by atomic mass is 9.59. The molecule has 0 N–H and O–H groups in total. The highest BCUT2D eigenvalue weighted by Crippen LogP contribution is 2.61. The van der Waals surface area contributed by atoms with Crippen LogP contribution in [-0.4, -0.2) is 5.78 Å². The SMILES string of the molecule is O=C1C2C3CCCCC3CCC2C2CCC3CCCCC3C12. The molecular weight excluding hydrogens is 268 g/mol. The van der Waals surface area contributed by atoms with Crippen LogP contribution in [0.2, 0.25) is 0 Å². The number of fused-ring (bicyclic) bond motifs is 7. The van der Waals surface area contributed by atoms with Crippen molar-refractivity contribution in [2.24, 2.45) is 47.3 Å². The molecule has 0 aromatic rings. The zero-order valence-electron chi connectivity index (χ0n) is 14.0. The summed E-state index contributed by atoms with van der Waals surface area (Å²) in [5.74, 6) is 6.84. The van der Waals surface area contributed by atoms with Gasteiger partial charge < -0.3 is 0 Å². The molecule has 1 heteroatoms. The summed E-state index contributed by atoms with van der Waals surface area (Å²) in [6.45, 7) is 0. The van der Waals surface area contributed by atoms with Crippen LogP contribution in [0.1, 0.15) is 77.0 Å². The highest BCUT2D eigenvalue weighted by atomic mass is 16.1. The van der Waals surface area contributed by atoms with E-state index in [0.29, 0.717) is 11.8 Å². The molecule has 0 aromatic carbocycles. The van der Waals surface area contributed by atoms with Gasteiger partial charge in [-0.3, -0.25) is 4.79 Å². The van der Waals surface area contributed by atoms with Gasteiger partial charge in [-0.2, -0.15) is 0 Å². The van der Waals surface area contributed by atoms with E-state index in [9.17, 15) is 4.79 Å². The van der Waals surface area contributed by atoms with E-state index in [1.165, 1.54) is 77.0 Å². The first-order valence-electron chi connectivity index (χ1n) is 10.4. The van der Waals surface area contributed by atoms with Crippen molar-refractivity contribution in [3.63, 3.8) is 0 Å². The highest BCUT2D eigenvalue weighted by molar-refractivity contribution is 5.87. The number of carbonyl (C=O) groups excluding carboxylic acids is 1. The summed E-state index contributed by atoms with van der Waals surface area (Å²) in [7, 11) is 0. The third-order valence-corrected chi connectivity index (χ3v) is 8.73. The van der Waals surface area contributed by atoms with Gasteiger partial charge in [-0.25, -0.2) is 0 Å². The molecule has 5 aliphatic carbocycles. The third kappa shape index (κ3) is 1.93. The van der Waals surface area contributed by atoms with Gasteiger partial charge >= 0.3 is 0 Å². The number of rotatable bonds is 0. The molecule has 5 aliphatic rings. The fraction of sp³-hybridized carbons (Fsp3) is 0.952. The molecule has 5 saturated carbocycles. The van der Waals surface area contributed by atoms with Crippen molar-refractivity contribution in [3.05, 3.63) is 0 Å². The molecule has 5 fully saturated rings. The molecule has 0 saturated heterocycles. The Bertz CT molecular complexity index is 415. The van der Waals surface area contributed by atoms with Crippen molar-refractivity contribution in [2.75, 3.05) is 0 Å². The average Bonchev–Trinajstić information content (AvgIpc) is 2.88. The maximum Gasteiger partial charge on any atom is 0.140 e. The smallest absolute Gasteiger partial charge is 0.140 e. The minimum atomic E-state index is 0.509. The first-order chi connectivity index (χ1) is 10.8. The van der Waals surface area contributed by atoms with Crippen LogP contribution in [0.5, 0.6) is 0 Å². The Morgan fingerprint density at radius 1 is 0.500 bits per heavy atom. The first kappa shape index (κ1) is 14.1. The Morgan fingerprint density at radius 2 is 0.955 bits per heavy atom. The van der Waals surface area contributed by atoms with Gasteiger partial charge in [-0.05, 0) is 74.0 Å². The second-order valence-electron chi connectivity index (χ2n) is 9.35. The van der Waals surface area contributed by atoms with Gasteiger partial charge in [0.25, 0.3) is 0 Å². The molecule has 0 aromatic heterocycles. The molecule has 0 radical (unpaired) electrons. The largest absolute Gasteiger partial charge is 0.299 e. The van der Waals surface area contributed by atoms with Gasteiger partial charge in [0.15, 0.2) is 0 Å². The quantitative estimate of drug-likeness (QED) is 0.598. The Balaban J connectivity index is 1.46. The summed E-state index contributed by atoms with van der Waals surface area (Å²) in [4.78, 5) is 13.5. The molecule has 0 bridgehead atoms. The van der Waals surface area contributed by atoms with Crippen molar-refractivity contribution in [1.29, 1.82) is 0 Å². The molecule has 5 rings (SSSR count). The minimum absolute atomic E-state index is 0.509. The first-order valence-corrected chi connectivity index (χ1v) is 10.4. The Labute approximate surface area is 135 Å². The molecule has 8 unspecified atom stereocenters. The van der Waals surface area contributed by atoms with E-state index < -0.39 is 0 Å². The normalized spacial score (nSPS) is 54.1. The fourth-order valence-electron chi connectivity index (χ4n) is 7.97. The van der Waals surface area contributed by atoms with Gasteiger partial charge in [0.2, 0.25) is 0 Å². The van der Waals surface area contributed by atoms with E-state index in [1.807, 2.05) is 0 Å². The Morgan fingerprint density at radius 3 is 1.45 bits per heavy atom. The summed E-state index contributed by atoms with van der Waals surface area (Å²) in [5.41, 5.74) is 0. The predicted molar refractivity (Wildman–Crippen MR) is 88.3 cm³/mol. The highest BCUT2D eigenvalue weighted by Gasteiger charge is 2.59. The molecule has 0 spiro atoms. The van der Waals surface area contributed by atoms with Crippen LogP contribution in [0.4, 0.5) is 0 Å². The fourth-order valence-corrected chi connectivity index (χ4v) is 7.97. The predicted octanol–water partition coefficient (Wildman–Crippen LogP) is 5.23. The van der Waals surface area contributed by atoms with E-state index in [-0.39, 0.29) is 0 Å². The summed E-state index contributed by atoms with van der Waals surface area (Å²) in [6, 6.07) is 0. The molecule has 8 atom stereocenters. The third-order valence-electron chi connectivity index (χ3n) is 8.73. The molecule has 122 valence electrons. The van der Waals surface area contributed by atoms with Crippen LogP contribution in [0.25, 0.3) is 0 Å². The van der Waals surface area contributed by atoms with Gasteiger partial charge in [0, 0.05) is 11.8 Å². The maximum absolute atomic E-state index is 13.5. The van der Waals surface area contributed by atoms with Crippen molar-refractivity contribution >= 4 is 5.78 Å². The van der Waals surface area contributed by atoms with Crippen molar-refractivity contribution < 1.29 is 4.79 Å². The van der Waals surface area contributed by atoms with Crippen LogP contribution < -0.4 is 0 Å². The summed E-state index contributed by atoms with van der Waals surface area (Å²) >= 11 is 0. The van der Waals surface area contributed by atoms with Gasteiger partial charge in [0.05, 0.1) is 0 Å². The number of carbonyl (C=O) groups is 1. The van der Waals surface area contributed by atoms with E-state index in [2.05, 4.69) is 0 Å². The number of hydrogen-bond donors (Lipinski definition) is 0. The van der Waals surface area contributed by atoms with E-state index in [4.69, 9.17) is 0 Å². The lowest BCUT2D eigenvalue weighted by Crippen LogP contribution is -2.38. The average molecular weight is 300 g/mol. The van der Waals surface area contributed by atoms with E-state index in [0.717, 1.165) is 41.3 Å². The molecule has 0 heterocycles. The van der Waals surface area contributed by atoms with Crippen LogP contribution in [0.3, 0.4) is 0 Å². The minimum Gasteiger partial charge on any atom is -0.299 e. The molecule has 22 heavy (non-hydrogen) atoms. The van der Waals surface area contributed by atoms with Gasteiger partial charge in [-0.15, -0.1) is 0 Å². The van der Waals surface area contributed by atoms with Crippen LogP contribution in [0.15, 0.2) is 0 Å².